The van der Waals surface area contributed by atoms with Gasteiger partial charge in [-0.1, -0.05) is 23.8 Å². The number of carbonyl (C=O) groups excluding carboxylic acids is 1. The van der Waals surface area contributed by atoms with Gasteiger partial charge in [0, 0.05) is 23.3 Å². The Balaban J connectivity index is 1.41. The zero-order valence-corrected chi connectivity index (χ0v) is 14.3. The zero-order valence-electron chi connectivity index (χ0n) is 13.5. The van der Waals surface area contributed by atoms with E-state index >= 15 is 0 Å². The van der Waals surface area contributed by atoms with Gasteiger partial charge in [0.1, 0.15) is 0 Å². The smallest absolute Gasteiger partial charge is 0.244 e. The van der Waals surface area contributed by atoms with Crippen molar-refractivity contribution in [3.63, 3.8) is 0 Å². The minimum absolute atomic E-state index is 0.0998. The number of aryl methyl sites for hydroxylation is 1. The number of nitrogens with one attached hydrogen (secondary N) is 1. The summed E-state index contributed by atoms with van der Waals surface area (Å²) >= 11 is 1.73. The molecule has 0 radical (unpaired) electrons. The summed E-state index contributed by atoms with van der Waals surface area (Å²) in [5.74, 6) is 2.20. The van der Waals surface area contributed by atoms with Crippen LogP contribution in [0.25, 0.3) is 6.08 Å². The van der Waals surface area contributed by atoms with Crippen LogP contribution in [0.4, 0.5) is 0 Å². The molecule has 0 saturated heterocycles. The maximum atomic E-state index is 11.8. The molecule has 3 rings (SSSR count). The van der Waals surface area contributed by atoms with E-state index in [2.05, 4.69) is 36.5 Å². The van der Waals surface area contributed by atoms with E-state index < -0.39 is 0 Å². The van der Waals surface area contributed by atoms with Crippen molar-refractivity contribution in [2.75, 3.05) is 19.1 Å². The third-order valence-corrected chi connectivity index (χ3v) is 4.53. The number of hydrogen-bond donors (Lipinski definition) is 1. The Morgan fingerprint density at radius 2 is 1.96 bits per heavy atom. The lowest BCUT2D eigenvalue weighted by Crippen LogP contribution is -2.23. The first-order valence-electron chi connectivity index (χ1n) is 7.76. The first-order valence-corrected chi connectivity index (χ1v) is 8.74. The van der Waals surface area contributed by atoms with Gasteiger partial charge in [-0.2, -0.15) is 0 Å². The number of carbonyl (C=O) groups is 1. The Bertz CT molecular complexity index is 741. The largest absolute Gasteiger partial charge is 0.454 e. The number of amides is 1. The molecular weight excluding hydrogens is 322 g/mol. The molecule has 0 unspecified atom stereocenters. The van der Waals surface area contributed by atoms with Crippen LogP contribution >= 0.6 is 11.8 Å². The summed E-state index contributed by atoms with van der Waals surface area (Å²) in [6.07, 6.45) is 3.30. The van der Waals surface area contributed by atoms with Crippen molar-refractivity contribution in [1.29, 1.82) is 0 Å². The maximum Gasteiger partial charge on any atom is 0.244 e. The molecule has 2 aromatic carbocycles. The number of ether oxygens (including phenoxy) is 2. The van der Waals surface area contributed by atoms with Crippen LogP contribution in [-0.4, -0.2) is 25.0 Å². The summed E-state index contributed by atoms with van der Waals surface area (Å²) in [6, 6.07) is 14.0. The van der Waals surface area contributed by atoms with E-state index in [1.54, 1.807) is 17.8 Å². The van der Waals surface area contributed by atoms with Crippen molar-refractivity contribution in [2.24, 2.45) is 0 Å². The molecule has 0 atom stereocenters. The van der Waals surface area contributed by atoms with E-state index in [9.17, 15) is 4.79 Å². The number of benzene rings is 2. The molecule has 1 amide bonds. The van der Waals surface area contributed by atoms with E-state index in [4.69, 9.17) is 9.47 Å². The molecule has 24 heavy (non-hydrogen) atoms. The molecule has 0 saturated carbocycles. The highest BCUT2D eigenvalue weighted by atomic mass is 32.2. The van der Waals surface area contributed by atoms with Gasteiger partial charge in [0.2, 0.25) is 12.7 Å². The van der Waals surface area contributed by atoms with Crippen molar-refractivity contribution in [3.8, 4) is 11.5 Å². The van der Waals surface area contributed by atoms with E-state index in [0.29, 0.717) is 12.3 Å². The topological polar surface area (TPSA) is 47.6 Å². The summed E-state index contributed by atoms with van der Waals surface area (Å²) < 4.78 is 10.6. The maximum absolute atomic E-state index is 11.8. The SMILES string of the molecule is Cc1ccc(SCCNC(=O)/C=C/c2ccc3c(c2)OCO3)cc1. The number of hydrogen-bond acceptors (Lipinski definition) is 4. The first kappa shape index (κ1) is 16.5. The van der Waals surface area contributed by atoms with Crippen LogP contribution in [0.15, 0.2) is 53.4 Å². The minimum Gasteiger partial charge on any atom is -0.454 e. The van der Waals surface area contributed by atoms with E-state index in [-0.39, 0.29) is 12.7 Å². The fourth-order valence-corrected chi connectivity index (χ4v) is 2.99. The molecule has 0 spiro atoms. The highest BCUT2D eigenvalue weighted by Gasteiger charge is 2.12. The molecule has 0 aliphatic carbocycles. The van der Waals surface area contributed by atoms with Crippen molar-refractivity contribution < 1.29 is 14.3 Å². The predicted molar refractivity (Wildman–Crippen MR) is 96.5 cm³/mol. The Labute approximate surface area is 145 Å². The second-order valence-electron chi connectivity index (χ2n) is 5.40. The molecule has 124 valence electrons. The van der Waals surface area contributed by atoms with Crippen molar-refractivity contribution in [1.82, 2.24) is 5.32 Å². The molecule has 1 heterocycles. The van der Waals surface area contributed by atoms with Gasteiger partial charge in [-0.05, 0) is 42.8 Å². The van der Waals surface area contributed by atoms with Crippen LogP contribution in [0.1, 0.15) is 11.1 Å². The minimum atomic E-state index is -0.0998. The molecule has 0 fully saturated rings. The van der Waals surface area contributed by atoms with Gasteiger partial charge in [0.05, 0.1) is 0 Å². The highest BCUT2D eigenvalue weighted by Crippen LogP contribution is 2.32. The second-order valence-corrected chi connectivity index (χ2v) is 6.57. The Morgan fingerprint density at radius 1 is 1.17 bits per heavy atom. The fraction of sp³-hybridized carbons (Fsp3) is 0.211. The first-order chi connectivity index (χ1) is 11.7. The van der Waals surface area contributed by atoms with Gasteiger partial charge in [0.15, 0.2) is 11.5 Å². The normalized spacial score (nSPS) is 12.5. The lowest BCUT2D eigenvalue weighted by Gasteiger charge is -2.03. The Kier molecular flexibility index (Phi) is 5.43. The lowest BCUT2D eigenvalue weighted by atomic mass is 10.2. The van der Waals surface area contributed by atoms with Crippen molar-refractivity contribution >= 4 is 23.7 Å². The van der Waals surface area contributed by atoms with Gasteiger partial charge >= 0.3 is 0 Å². The standard InChI is InChI=1S/C19H19NO3S/c1-14-2-6-16(7-3-14)24-11-10-20-19(21)9-5-15-4-8-17-18(12-15)23-13-22-17/h2-9,12H,10-11,13H2,1H3,(H,20,21)/b9-5+. The summed E-state index contributed by atoms with van der Waals surface area (Å²) in [7, 11) is 0. The van der Waals surface area contributed by atoms with E-state index in [0.717, 1.165) is 17.1 Å². The van der Waals surface area contributed by atoms with Gasteiger partial charge in [-0.3, -0.25) is 4.79 Å². The quantitative estimate of drug-likeness (QED) is 0.495. The lowest BCUT2D eigenvalue weighted by molar-refractivity contribution is -0.116. The molecule has 5 heteroatoms. The monoisotopic (exact) mass is 341 g/mol. The highest BCUT2D eigenvalue weighted by molar-refractivity contribution is 7.99. The summed E-state index contributed by atoms with van der Waals surface area (Å²) in [5.41, 5.74) is 2.16. The molecule has 4 nitrogen and oxygen atoms in total. The van der Waals surface area contributed by atoms with Crippen LogP contribution in [-0.2, 0) is 4.79 Å². The predicted octanol–water partition coefficient (Wildman–Crippen LogP) is 3.65. The number of thioether (sulfide) groups is 1. The zero-order chi connectivity index (χ0) is 16.8. The molecule has 0 bridgehead atoms. The average Bonchev–Trinajstić information content (AvgIpc) is 3.06. The van der Waals surface area contributed by atoms with Crippen molar-refractivity contribution in [2.45, 2.75) is 11.8 Å². The second kappa shape index (κ2) is 7.93. The van der Waals surface area contributed by atoms with E-state index in [1.807, 2.05) is 18.2 Å². The third kappa shape index (κ3) is 4.55. The molecular formula is C19H19NO3S. The average molecular weight is 341 g/mol. The molecule has 1 aliphatic heterocycles. The number of rotatable bonds is 6. The molecule has 2 aromatic rings. The van der Waals surface area contributed by atoms with Crippen LogP contribution in [0, 0.1) is 6.92 Å². The van der Waals surface area contributed by atoms with Crippen LogP contribution < -0.4 is 14.8 Å². The van der Waals surface area contributed by atoms with Crippen LogP contribution in [0.2, 0.25) is 0 Å². The Morgan fingerprint density at radius 3 is 2.79 bits per heavy atom. The van der Waals surface area contributed by atoms with Gasteiger partial charge in [-0.25, -0.2) is 0 Å². The molecule has 1 N–H and O–H groups in total. The van der Waals surface area contributed by atoms with Crippen LogP contribution in [0.3, 0.4) is 0 Å². The summed E-state index contributed by atoms with van der Waals surface area (Å²) in [6.45, 7) is 2.95. The third-order valence-electron chi connectivity index (χ3n) is 3.51. The molecule has 0 aromatic heterocycles. The van der Waals surface area contributed by atoms with Gasteiger partial charge < -0.3 is 14.8 Å². The summed E-state index contributed by atoms with van der Waals surface area (Å²) in [5, 5.41) is 2.88. The van der Waals surface area contributed by atoms with Crippen molar-refractivity contribution in [3.05, 3.63) is 59.7 Å². The fourth-order valence-electron chi connectivity index (χ4n) is 2.23. The van der Waals surface area contributed by atoms with Crippen LogP contribution in [0.5, 0.6) is 11.5 Å². The van der Waals surface area contributed by atoms with Gasteiger partial charge in [-0.15, -0.1) is 11.8 Å². The molecule has 1 aliphatic rings. The van der Waals surface area contributed by atoms with Gasteiger partial charge in [0.25, 0.3) is 0 Å². The van der Waals surface area contributed by atoms with E-state index in [1.165, 1.54) is 16.5 Å². The Hall–Kier alpha value is -2.40. The number of fused-ring (bicyclic) bond motifs is 1. The summed E-state index contributed by atoms with van der Waals surface area (Å²) in [4.78, 5) is 13.1.